The summed E-state index contributed by atoms with van der Waals surface area (Å²) >= 11 is 0. The molecule has 1 aromatic rings. The maximum Gasteiger partial charge on any atom is 0.419 e. The fourth-order valence-corrected chi connectivity index (χ4v) is 2.91. The lowest BCUT2D eigenvalue weighted by atomic mass is 9.95. The van der Waals surface area contributed by atoms with Gasteiger partial charge < -0.3 is 14.4 Å². The number of hydrogen-bond acceptors (Lipinski definition) is 5. The number of esters is 1. The van der Waals surface area contributed by atoms with E-state index in [0.29, 0.717) is 12.1 Å². The van der Waals surface area contributed by atoms with Gasteiger partial charge in [0, 0.05) is 12.1 Å². The van der Waals surface area contributed by atoms with Crippen LogP contribution in [0.1, 0.15) is 43.1 Å². The van der Waals surface area contributed by atoms with Crippen molar-refractivity contribution in [2.75, 3.05) is 19.7 Å². The van der Waals surface area contributed by atoms with Crippen LogP contribution in [0.3, 0.4) is 0 Å². The number of carbonyl (C=O) groups is 3. The van der Waals surface area contributed by atoms with Crippen LogP contribution < -0.4 is 0 Å². The van der Waals surface area contributed by atoms with Crippen molar-refractivity contribution in [1.82, 2.24) is 4.90 Å². The molecule has 0 saturated carbocycles. The Morgan fingerprint density at radius 2 is 1.81 bits per heavy atom. The van der Waals surface area contributed by atoms with Gasteiger partial charge in [0.05, 0.1) is 18.0 Å². The van der Waals surface area contributed by atoms with Gasteiger partial charge in [-0.25, -0.2) is 13.6 Å². The molecule has 0 radical (unpaired) electrons. The van der Waals surface area contributed by atoms with Gasteiger partial charge in [-0.1, -0.05) is 0 Å². The van der Waals surface area contributed by atoms with E-state index >= 15 is 0 Å². The minimum absolute atomic E-state index is 0.0238. The van der Waals surface area contributed by atoms with Crippen molar-refractivity contribution in [1.29, 1.82) is 0 Å². The van der Waals surface area contributed by atoms with Crippen LogP contribution >= 0.6 is 0 Å². The van der Waals surface area contributed by atoms with Gasteiger partial charge in [-0.3, -0.25) is 9.59 Å². The molecule has 0 spiro atoms. The first kappa shape index (κ1) is 24.5. The Balaban J connectivity index is 1.93. The molecule has 2 unspecified atom stereocenters. The predicted molar refractivity (Wildman–Crippen MR) is 97.5 cm³/mol. The Bertz CT molecular complexity index is 849. The average Bonchev–Trinajstić information content (AvgIpc) is 2.63. The summed E-state index contributed by atoms with van der Waals surface area (Å²) in [4.78, 5) is 37.3. The van der Waals surface area contributed by atoms with Crippen LogP contribution in [-0.2, 0) is 20.4 Å². The highest BCUT2D eigenvalue weighted by Crippen LogP contribution is 2.32. The van der Waals surface area contributed by atoms with Crippen molar-refractivity contribution in [2.24, 2.45) is 5.92 Å². The highest BCUT2D eigenvalue weighted by molar-refractivity contribution is 5.98. The first-order valence-corrected chi connectivity index (χ1v) is 9.37. The first-order valence-electron chi connectivity index (χ1n) is 9.37. The summed E-state index contributed by atoms with van der Waals surface area (Å²) < 4.78 is 75.9. The Morgan fingerprint density at radius 3 is 2.35 bits per heavy atom. The summed E-state index contributed by atoms with van der Waals surface area (Å²) in [5.74, 6) is -4.84. The lowest BCUT2D eigenvalue weighted by Gasteiger charge is -2.34. The molecule has 1 saturated heterocycles. The number of carbonyl (C=O) groups excluding carboxylic acids is 3. The van der Waals surface area contributed by atoms with E-state index in [1.54, 1.807) is 20.8 Å². The molecule has 1 aliphatic rings. The molecule has 11 heteroatoms. The molecule has 0 aromatic heterocycles. The van der Waals surface area contributed by atoms with Crippen molar-refractivity contribution in [2.45, 2.75) is 45.1 Å². The molecule has 0 bridgehead atoms. The average molecular weight is 451 g/mol. The molecule has 1 heterocycles. The summed E-state index contributed by atoms with van der Waals surface area (Å²) in [6, 6.07) is 1.64. The zero-order valence-electron chi connectivity index (χ0n) is 17.1. The number of ether oxygens (including phenoxy) is 2. The second kappa shape index (κ2) is 9.19. The van der Waals surface area contributed by atoms with Crippen LogP contribution in [-0.4, -0.2) is 54.2 Å². The van der Waals surface area contributed by atoms with E-state index in [9.17, 15) is 36.3 Å². The summed E-state index contributed by atoms with van der Waals surface area (Å²) in [5, 5.41) is 0. The molecule has 1 aromatic carbocycles. The van der Waals surface area contributed by atoms with Crippen LogP contribution in [0, 0.1) is 11.7 Å². The molecule has 172 valence electrons. The molecule has 1 fully saturated rings. The third-order valence-electron chi connectivity index (χ3n) is 4.44. The van der Waals surface area contributed by atoms with E-state index in [-0.39, 0.29) is 13.0 Å². The van der Waals surface area contributed by atoms with E-state index < -0.39 is 71.8 Å². The fraction of sp³-hybridized carbons (Fsp3) is 0.550. The smallest absolute Gasteiger partial charge is 0.419 e. The number of alkyl halides is 4. The topological polar surface area (TPSA) is 72.9 Å². The normalized spacial score (nSPS) is 19.7. The number of amides is 1. The molecular weight excluding hydrogens is 429 g/mol. The summed E-state index contributed by atoms with van der Waals surface area (Å²) in [6.07, 6.45) is -7.58. The number of Topliss-reactive ketones (excluding diaryl/α,β-unsaturated/α-hetero) is 1. The van der Waals surface area contributed by atoms with Crippen molar-refractivity contribution >= 4 is 17.8 Å². The number of benzene rings is 1. The van der Waals surface area contributed by atoms with Crippen LogP contribution in [0.4, 0.5) is 26.7 Å². The van der Waals surface area contributed by atoms with Gasteiger partial charge in [0.15, 0.2) is 12.4 Å². The minimum Gasteiger partial charge on any atom is -0.457 e. The molecule has 1 aliphatic heterocycles. The quantitative estimate of drug-likeness (QED) is 0.391. The number of likely N-dealkylation sites (tertiary alicyclic amines) is 1. The first-order chi connectivity index (χ1) is 14.2. The standard InChI is InChI=1S/C20H22F5NO5/c1-19(2,3)31-18(29)26-7-6-12(15(22)9-26)17(28)30-10-16(27)11-4-5-14(21)13(8-11)20(23,24)25/h4-5,8,12,15H,6-7,9-10H2,1-3H3. The largest absolute Gasteiger partial charge is 0.457 e. The zero-order chi connectivity index (χ0) is 23.6. The summed E-state index contributed by atoms with van der Waals surface area (Å²) in [7, 11) is 0. The van der Waals surface area contributed by atoms with E-state index in [0.717, 1.165) is 11.0 Å². The Kier molecular flexibility index (Phi) is 7.28. The van der Waals surface area contributed by atoms with E-state index in [1.807, 2.05) is 0 Å². The number of hydrogen-bond donors (Lipinski definition) is 0. The minimum atomic E-state index is -5.00. The van der Waals surface area contributed by atoms with Crippen LogP contribution in [0.25, 0.3) is 0 Å². The SMILES string of the molecule is CC(C)(C)OC(=O)N1CCC(C(=O)OCC(=O)c2ccc(F)c(C(F)(F)F)c2)C(F)C1. The second-order valence-electron chi connectivity index (χ2n) is 8.06. The monoisotopic (exact) mass is 451 g/mol. The molecule has 6 nitrogen and oxygen atoms in total. The van der Waals surface area contributed by atoms with Crippen LogP contribution in [0.2, 0.25) is 0 Å². The van der Waals surface area contributed by atoms with Crippen LogP contribution in [0.15, 0.2) is 18.2 Å². The fourth-order valence-electron chi connectivity index (χ4n) is 2.91. The third-order valence-corrected chi connectivity index (χ3v) is 4.44. The molecule has 0 aliphatic carbocycles. The molecule has 1 amide bonds. The zero-order valence-corrected chi connectivity index (χ0v) is 17.1. The number of nitrogens with zero attached hydrogens (tertiary/aromatic N) is 1. The number of halogens is 5. The highest BCUT2D eigenvalue weighted by atomic mass is 19.4. The maximum absolute atomic E-state index is 14.4. The predicted octanol–water partition coefficient (Wildman–Crippen LogP) is 4.17. The van der Waals surface area contributed by atoms with E-state index in [1.165, 1.54) is 0 Å². The van der Waals surface area contributed by atoms with Gasteiger partial charge in [-0.2, -0.15) is 13.2 Å². The van der Waals surface area contributed by atoms with Crippen LogP contribution in [0.5, 0.6) is 0 Å². The van der Waals surface area contributed by atoms with Gasteiger partial charge >= 0.3 is 18.2 Å². The van der Waals surface area contributed by atoms with Crippen molar-refractivity contribution in [3.63, 3.8) is 0 Å². The molecule has 2 rings (SSSR count). The molecule has 0 N–H and O–H groups in total. The second-order valence-corrected chi connectivity index (χ2v) is 8.06. The number of rotatable bonds is 4. The van der Waals surface area contributed by atoms with Crippen molar-refractivity contribution in [3.05, 3.63) is 35.1 Å². The van der Waals surface area contributed by atoms with Gasteiger partial charge in [-0.15, -0.1) is 0 Å². The highest BCUT2D eigenvalue weighted by Gasteiger charge is 2.39. The van der Waals surface area contributed by atoms with Gasteiger partial charge in [0.1, 0.15) is 17.6 Å². The molecule has 2 atom stereocenters. The third kappa shape index (κ3) is 6.63. The van der Waals surface area contributed by atoms with Gasteiger partial charge in [0.25, 0.3) is 0 Å². The Morgan fingerprint density at radius 1 is 1.16 bits per heavy atom. The van der Waals surface area contributed by atoms with E-state index in [2.05, 4.69) is 0 Å². The number of ketones is 1. The van der Waals surface area contributed by atoms with E-state index in [4.69, 9.17) is 9.47 Å². The van der Waals surface area contributed by atoms with Gasteiger partial charge in [-0.05, 0) is 45.4 Å². The molecular formula is C20H22F5NO5. The lowest BCUT2D eigenvalue weighted by Crippen LogP contribution is -2.49. The van der Waals surface area contributed by atoms with Crippen molar-refractivity contribution < 1.29 is 45.8 Å². The lowest BCUT2D eigenvalue weighted by molar-refractivity contribution is -0.152. The number of piperidine rings is 1. The Labute approximate surface area is 175 Å². The van der Waals surface area contributed by atoms with Crippen molar-refractivity contribution in [3.8, 4) is 0 Å². The summed E-state index contributed by atoms with van der Waals surface area (Å²) in [6.45, 7) is 3.64. The maximum atomic E-state index is 14.4. The molecule has 31 heavy (non-hydrogen) atoms. The summed E-state index contributed by atoms with van der Waals surface area (Å²) in [5.41, 5.74) is -2.90. The Hall–Kier alpha value is -2.72. The van der Waals surface area contributed by atoms with Gasteiger partial charge in [0.2, 0.25) is 0 Å².